The molecule has 0 heterocycles. The van der Waals surface area contributed by atoms with Crippen molar-refractivity contribution in [3.8, 4) is 5.75 Å². The molecule has 0 bridgehead atoms. The molecule has 0 aromatic heterocycles. The standard InChI is InChI=1S/C13H18N2O2/c1-3-8-17-12-6-4-11(5-7-12)10-15(2)13(16)9-14/h3-7H,1,8-10,14H2,2H3. The van der Waals surface area contributed by atoms with Crippen molar-refractivity contribution in [2.45, 2.75) is 6.54 Å². The van der Waals surface area contributed by atoms with Crippen molar-refractivity contribution >= 4 is 5.91 Å². The summed E-state index contributed by atoms with van der Waals surface area (Å²) >= 11 is 0. The molecule has 0 unspecified atom stereocenters. The SMILES string of the molecule is C=CCOc1ccc(CN(C)C(=O)CN)cc1. The molecule has 17 heavy (non-hydrogen) atoms. The van der Waals surface area contributed by atoms with Crippen LogP contribution in [0.15, 0.2) is 36.9 Å². The highest BCUT2D eigenvalue weighted by Gasteiger charge is 2.06. The zero-order valence-corrected chi connectivity index (χ0v) is 10.1. The van der Waals surface area contributed by atoms with Gasteiger partial charge in [-0.1, -0.05) is 24.8 Å². The molecule has 0 saturated heterocycles. The molecule has 0 saturated carbocycles. The first-order valence-corrected chi connectivity index (χ1v) is 5.44. The van der Waals surface area contributed by atoms with Crippen LogP contribution in [0.2, 0.25) is 0 Å². The van der Waals surface area contributed by atoms with E-state index in [4.69, 9.17) is 10.5 Å². The first kappa shape index (κ1) is 13.3. The average Bonchev–Trinajstić information content (AvgIpc) is 2.37. The molecule has 0 aliphatic heterocycles. The summed E-state index contributed by atoms with van der Waals surface area (Å²) in [5, 5.41) is 0. The molecular weight excluding hydrogens is 216 g/mol. The second-order valence-electron chi connectivity index (χ2n) is 3.70. The maximum absolute atomic E-state index is 11.3. The summed E-state index contributed by atoms with van der Waals surface area (Å²) in [5.74, 6) is 0.721. The number of hydrogen-bond donors (Lipinski definition) is 1. The molecule has 4 nitrogen and oxygen atoms in total. The van der Waals surface area contributed by atoms with Crippen molar-refractivity contribution in [1.82, 2.24) is 4.90 Å². The monoisotopic (exact) mass is 234 g/mol. The van der Waals surface area contributed by atoms with Gasteiger partial charge in [0.2, 0.25) is 5.91 Å². The fourth-order valence-corrected chi connectivity index (χ4v) is 1.36. The maximum Gasteiger partial charge on any atom is 0.236 e. The average molecular weight is 234 g/mol. The Morgan fingerprint density at radius 3 is 2.65 bits per heavy atom. The van der Waals surface area contributed by atoms with Crippen molar-refractivity contribution in [1.29, 1.82) is 0 Å². The Labute approximate surface area is 102 Å². The van der Waals surface area contributed by atoms with Gasteiger partial charge in [0.25, 0.3) is 0 Å². The third-order valence-corrected chi connectivity index (χ3v) is 2.31. The second kappa shape index (κ2) is 6.70. The summed E-state index contributed by atoms with van der Waals surface area (Å²) in [7, 11) is 1.73. The number of ether oxygens (including phenoxy) is 1. The van der Waals surface area contributed by atoms with E-state index in [0.29, 0.717) is 13.2 Å². The van der Waals surface area contributed by atoms with E-state index in [9.17, 15) is 4.79 Å². The number of likely N-dealkylation sites (N-methyl/N-ethyl adjacent to an activating group) is 1. The fraction of sp³-hybridized carbons (Fsp3) is 0.308. The van der Waals surface area contributed by atoms with Gasteiger partial charge >= 0.3 is 0 Å². The highest BCUT2D eigenvalue weighted by molar-refractivity contribution is 5.77. The van der Waals surface area contributed by atoms with E-state index in [1.165, 1.54) is 0 Å². The minimum absolute atomic E-state index is 0.0387. The quantitative estimate of drug-likeness (QED) is 0.752. The summed E-state index contributed by atoms with van der Waals surface area (Å²) in [6, 6.07) is 7.61. The Morgan fingerprint density at radius 2 is 2.12 bits per heavy atom. The zero-order chi connectivity index (χ0) is 12.7. The first-order valence-electron chi connectivity index (χ1n) is 5.44. The van der Waals surface area contributed by atoms with Gasteiger partial charge in [0.15, 0.2) is 0 Å². The van der Waals surface area contributed by atoms with Gasteiger partial charge in [-0.25, -0.2) is 0 Å². The Hall–Kier alpha value is -1.81. The molecule has 1 aromatic carbocycles. The summed E-state index contributed by atoms with van der Waals surface area (Å²) in [4.78, 5) is 12.9. The lowest BCUT2D eigenvalue weighted by Crippen LogP contribution is -2.32. The van der Waals surface area contributed by atoms with Crippen LogP contribution in [-0.4, -0.2) is 31.0 Å². The van der Waals surface area contributed by atoms with Crippen LogP contribution in [0.5, 0.6) is 5.75 Å². The Morgan fingerprint density at radius 1 is 1.47 bits per heavy atom. The topological polar surface area (TPSA) is 55.6 Å². The molecule has 0 aliphatic carbocycles. The van der Waals surface area contributed by atoms with Crippen LogP contribution in [0, 0.1) is 0 Å². The predicted molar refractivity (Wildman–Crippen MR) is 67.7 cm³/mol. The highest BCUT2D eigenvalue weighted by atomic mass is 16.5. The van der Waals surface area contributed by atoms with E-state index in [1.807, 2.05) is 24.3 Å². The number of carbonyl (C=O) groups excluding carboxylic acids is 1. The summed E-state index contributed by atoms with van der Waals surface area (Å²) in [6.07, 6.45) is 1.70. The fourth-order valence-electron chi connectivity index (χ4n) is 1.36. The van der Waals surface area contributed by atoms with Gasteiger partial charge in [-0.05, 0) is 17.7 Å². The minimum atomic E-state index is -0.0722. The predicted octanol–water partition coefficient (Wildman–Crippen LogP) is 1.17. The van der Waals surface area contributed by atoms with Crippen LogP contribution in [-0.2, 0) is 11.3 Å². The lowest BCUT2D eigenvalue weighted by molar-refractivity contribution is -0.128. The van der Waals surface area contributed by atoms with Gasteiger partial charge in [-0.15, -0.1) is 0 Å². The number of nitrogens with zero attached hydrogens (tertiary/aromatic N) is 1. The Kier molecular flexibility index (Phi) is 5.23. The molecular formula is C13H18N2O2. The van der Waals surface area contributed by atoms with Crippen molar-refractivity contribution < 1.29 is 9.53 Å². The summed E-state index contributed by atoms with van der Waals surface area (Å²) < 4.78 is 5.37. The molecule has 2 N–H and O–H groups in total. The van der Waals surface area contributed by atoms with Gasteiger partial charge in [-0.3, -0.25) is 4.79 Å². The van der Waals surface area contributed by atoms with Crippen LogP contribution in [0.3, 0.4) is 0 Å². The molecule has 0 spiro atoms. The number of hydrogen-bond acceptors (Lipinski definition) is 3. The van der Waals surface area contributed by atoms with Gasteiger partial charge in [0.1, 0.15) is 12.4 Å². The van der Waals surface area contributed by atoms with E-state index in [0.717, 1.165) is 11.3 Å². The molecule has 92 valence electrons. The maximum atomic E-state index is 11.3. The van der Waals surface area contributed by atoms with Gasteiger partial charge in [-0.2, -0.15) is 0 Å². The minimum Gasteiger partial charge on any atom is -0.490 e. The molecule has 1 amide bonds. The van der Waals surface area contributed by atoms with Crippen molar-refractivity contribution in [2.75, 3.05) is 20.2 Å². The molecule has 1 rings (SSSR count). The molecule has 1 aromatic rings. The zero-order valence-electron chi connectivity index (χ0n) is 10.1. The van der Waals surface area contributed by atoms with E-state index < -0.39 is 0 Å². The number of carbonyl (C=O) groups is 1. The van der Waals surface area contributed by atoms with E-state index in [2.05, 4.69) is 6.58 Å². The van der Waals surface area contributed by atoms with Crippen molar-refractivity contribution in [2.24, 2.45) is 5.73 Å². The number of amides is 1. The van der Waals surface area contributed by atoms with Crippen LogP contribution >= 0.6 is 0 Å². The molecule has 0 radical (unpaired) electrons. The van der Waals surface area contributed by atoms with Crippen LogP contribution in [0.25, 0.3) is 0 Å². The largest absolute Gasteiger partial charge is 0.490 e. The first-order chi connectivity index (χ1) is 8.17. The lowest BCUT2D eigenvalue weighted by atomic mass is 10.2. The highest BCUT2D eigenvalue weighted by Crippen LogP contribution is 2.13. The molecule has 0 aliphatic rings. The van der Waals surface area contributed by atoms with E-state index in [-0.39, 0.29) is 12.5 Å². The Balaban J connectivity index is 2.55. The van der Waals surface area contributed by atoms with Crippen molar-refractivity contribution in [3.63, 3.8) is 0 Å². The summed E-state index contributed by atoms with van der Waals surface area (Å²) in [5.41, 5.74) is 6.33. The number of nitrogens with two attached hydrogens (primary N) is 1. The van der Waals surface area contributed by atoms with E-state index >= 15 is 0 Å². The molecule has 0 atom stereocenters. The van der Waals surface area contributed by atoms with Crippen LogP contribution < -0.4 is 10.5 Å². The smallest absolute Gasteiger partial charge is 0.236 e. The Bertz CT molecular complexity index is 374. The number of rotatable bonds is 6. The number of benzene rings is 1. The lowest BCUT2D eigenvalue weighted by Gasteiger charge is -2.16. The summed E-state index contributed by atoms with van der Waals surface area (Å²) in [6.45, 7) is 4.66. The van der Waals surface area contributed by atoms with Gasteiger partial charge < -0.3 is 15.4 Å². The normalized spacial score (nSPS) is 9.76. The second-order valence-corrected chi connectivity index (χ2v) is 3.70. The third-order valence-electron chi connectivity index (χ3n) is 2.31. The van der Waals surface area contributed by atoms with Gasteiger partial charge in [0, 0.05) is 13.6 Å². The van der Waals surface area contributed by atoms with Crippen LogP contribution in [0.4, 0.5) is 0 Å². The van der Waals surface area contributed by atoms with E-state index in [1.54, 1.807) is 18.0 Å². The molecule has 0 fully saturated rings. The van der Waals surface area contributed by atoms with Gasteiger partial charge in [0.05, 0.1) is 6.54 Å². The van der Waals surface area contributed by atoms with Crippen molar-refractivity contribution in [3.05, 3.63) is 42.5 Å². The molecule has 4 heteroatoms. The third kappa shape index (κ3) is 4.28. The van der Waals surface area contributed by atoms with Crippen LogP contribution in [0.1, 0.15) is 5.56 Å².